The van der Waals surface area contributed by atoms with Crippen molar-refractivity contribution >= 4 is 22.0 Å². The highest BCUT2D eigenvalue weighted by Crippen LogP contribution is 2.26. The number of aromatic nitrogens is 3. The largest absolute Gasteiger partial charge is 0.480 e. The molecule has 10 nitrogen and oxygen atoms in total. The van der Waals surface area contributed by atoms with Crippen LogP contribution >= 0.6 is 0 Å². The van der Waals surface area contributed by atoms with Crippen molar-refractivity contribution in [1.82, 2.24) is 19.3 Å². The Morgan fingerprint density at radius 2 is 1.76 bits per heavy atom. The Bertz CT molecular complexity index is 1330. The van der Waals surface area contributed by atoms with Crippen LogP contribution in [0.3, 0.4) is 0 Å². The van der Waals surface area contributed by atoms with E-state index in [0.29, 0.717) is 12.2 Å². The highest BCUT2D eigenvalue weighted by molar-refractivity contribution is 7.89. The fourth-order valence-electron chi connectivity index (χ4n) is 4.00. The first-order chi connectivity index (χ1) is 17.2. The van der Waals surface area contributed by atoms with Gasteiger partial charge >= 0.3 is 11.9 Å². The van der Waals surface area contributed by atoms with Gasteiger partial charge in [0.1, 0.15) is 29.7 Å². The van der Waals surface area contributed by atoms with E-state index in [-0.39, 0.29) is 17.2 Å². The van der Waals surface area contributed by atoms with Gasteiger partial charge in [0.15, 0.2) is 0 Å². The molecule has 0 spiro atoms. The number of carbonyl (C=O) groups excluding carboxylic acids is 1. The lowest BCUT2D eigenvalue weighted by atomic mass is 10.0. The second-order valence-corrected chi connectivity index (χ2v) is 12.3. The van der Waals surface area contributed by atoms with E-state index >= 15 is 0 Å². The smallest absolute Gasteiger partial charge is 0.322 e. The number of imidazole rings is 1. The topological polar surface area (TPSA) is 143 Å². The molecule has 3 rings (SSSR count). The number of carbonyl (C=O) groups is 2. The van der Waals surface area contributed by atoms with E-state index in [2.05, 4.69) is 15.0 Å². The number of aromatic amines is 1. The van der Waals surface area contributed by atoms with Gasteiger partial charge in [0.2, 0.25) is 10.0 Å². The number of carboxylic acid groups (broad SMARTS) is 1. The standard InChI is InChI=1S/C26H34N4O6S/c1-16(2)13-22(25(32)33)30(15-23(31)36-26(4,5)6)37(34,35)19-9-7-18(8-10-19)14-21-24-20(11-12-27-21)28-17(3)29-24/h7-12,16,22,27H,13-15H2,1-6H3,(H,32,33)/t22-/m0/s1. The number of benzene rings is 1. The first-order valence-electron chi connectivity index (χ1n) is 12.0. The van der Waals surface area contributed by atoms with Gasteiger partial charge in [0.05, 0.1) is 10.6 Å². The molecule has 2 aliphatic rings. The van der Waals surface area contributed by atoms with E-state index in [0.717, 1.165) is 27.0 Å². The monoisotopic (exact) mass is 530 g/mol. The molecule has 0 aromatic heterocycles. The predicted octanol–water partition coefficient (Wildman–Crippen LogP) is 3.64. The molecule has 0 bridgehead atoms. The van der Waals surface area contributed by atoms with Crippen LogP contribution in [0.15, 0.2) is 41.4 Å². The summed E-state index contributed by atoms with van der Waals surface area (Å²) in [4.78, 5) is 36.6. The van der Waals surface area contributed by atoms with Crippen molar-refractivity contribution in [3.63, 3.8) is 0 Å². The number of H-pyrrole nitrogens is 1. The number of pyridine rings is 1. The van der Waals surface area contributed by atoms with Crippen molar-refractivity contribution < 1.29 is 27.9 Å². The maximum atomic E-state index is 13.6. The number of fused-ring (bicyclic) bond motifs is 1. The third-order valence-electron chi connectivity index (χ3n) is 5.53. The molecule has 0 saturated carbocycles. The van der Waals surface area contributed by atoms with E-state index in [1.807, 2.05) is 13.0 Å². The average Bonchev–Trinajstić information content (AvgIpc) is 3.16. The lowest BCUT2D eigenvalue weighted by Gasteiger charge is -2.30. The lowest BCUT2D eigenvalue weighted by molar-refractivity contribution is -0.156. The third kappa shape index (κ3) is 7.14. The number of carboxylic acids is 1. The van der Waals surface area contributed by atoms with Gasteiger partial charge in [0, 0.05) is 18.3 Å². The molecule has 0 radical (unpaired) electrons. The molecule has 1 aromatic carbocycles. The Hall–Kier alpha value is -3.31. The Balaban J connectivity index is 1.92. The molecule has 0 unspecified atom stereocenters. The minimum atomic E-state index is -4.34. The Kier molecular flexibility index (Phi) is 8.38. The van der Waals surface area contributed by atoms with Gasteiger partial charge in [0.25, 0.3) is 0 Å². The number of ether oxygens (including phenoxy) is 1. The van der Waals surface area contributed by atoms with Crippen LogP contribution in [0, 0.1) is 12.8 Å². The third-order valence-corrected chi connectivity index (χ3v) is 7.40. The molecule has 0 fully saturated rings. The zero-order valence-corrected chi connectivity index (χ0v) is 22.8. The Morgan fingerprint density at radius 3 is 2.32 bits per heavy atom. The molecule has 0 amide bonds. The zero-order chi connectivity index (χ0) is 27.5. The molecule has 37 heavy (non-hydrogen) atoms. The average molecular weight is 531 g/mol. The molecule has 11 heteroatoms. The second kappa shape index (κ2) is 11.0. The highest BCUT2D eigenvalue weighted by Gasteiger charge is 2.38. The van der Waals surface area contributed by atoms with Crippen LogP contribution in [0.4, 0.5) is 0 Å². The molecule has 2 N–H and O–H groups in total. The Labute approximate surface area is 217 Å². The summed E-state index contributed by atoms with van der Waals surface area (Å²) in [6, 6.07) is 6.57. The fraction of sp³-hybridized carbons (Fsp3) is 0.462. The van der Waals surface area contributed by atoms with E-state index in [9.17, 15) is 23.1 Å². The summed E-state index contributed by atoms with van der Waals surface area (Å²) in [5, 5.41) is 9.87. The predicted molar refractivity (Wildman–Crippen MR) is 138 cm³/mol. The van der Waals surface area contributed by atoms with Gasteiger partial charge in [-0.15, -0.1) is 0 Å². The maximum absolute atomic E-state index is 13.6. The molecule has 0 aliphatic carbocycles. The van der Waals surface area contributed by atoms with Crippen molar-refractivity contribution in [2.75, 3.05) is 6.54 Å². The molecule has 0 saturated heterocycles. The Morgan fingerprint density at radius 1 is 1.11 bits per heavy atom. The van der Waals surface area contributed by atoms with Crippen LogP contribution in [0.25, 0.3) is 11.4 Å². The van der Waals surface area contributed by atoms with E-state index < -0.39 is 40.1 Å². The van der Waals surface area contributed by atoms with Gasteiger partial charge in [-0.1, -0.05) is 26.0 Å². The van der Waals surface area contributed by atoms with Crippen LogP contribution in [0.5, 0.6) is 0 Å². The number of rotatable bonds is 10. The SMILES string of the molecule is Cc1nc2cc[nH]c(Cc3ccc(S(=O)(=O)N(CC(=O)OC(C)(C)C)[C@@H](CC(C)C)C(=O)O)cc3)c-2n1. The van der Waals surface area contributed by atoms with Crippen molar-refractivity contribution in [3.05, 3.63) is 53.6 Å². The van der Waals surface area contributed by atoms with Crippen molar-refractivity contribution in [2.24, 2.45) is 5.92 Å². The van der Waals surface area contributed by atoms with Crippen molar-refractivity contribution in [2.45, 2.75) is 70.9 Å². The minimum absolute atomic E-state index is 0.0371. The molecule has 2 aliphatic heterocycles. The molecule has 200 valence electrons. The molecular formula is C26H34N4O6S. The van der Waals surface area contributed by atoms with Crippen LogP contribution in [-0.2, 0) is 30.8 Å². The van der Waals surface area contributed by atoms with Crippen molar-refractivity contribution in [1.29, 1.82) is 0 Å². The minimum Gasteiger partial charge on any atom is -0.480 e. The van der Waals surface area contributed by atoms with Crippen LogP contribution in [0.2, 0.25) is 0 Å². The lowest BCUT2D eigenvalue weighted by Crippen LogP contribution is -2.49. The summed E-state index contributed by atoms with van der Waals surface area (Å²) < 4.78 is 33.3. The second-order valence-electron chi connectivity index (χ2n) is 10.4. The summed E-state index contributed by atoms with van der Waals surface area (Å²) in [6.07, 6.45) is 2.28. The summed E-state index contributed by atoms with van der Waals surface area (Å²) >= 11 is 0. The number of sulfonamides is 1. The first-order valence-corrected chi connectivity index (χ1v) is 13.5. The summed E-state index contributed by atoms with van der Waals surface area (Å²) in [5.41, 5.74) is 2.32. The van der Waals surface area contributed by atoms with E-state index in [1.54, 1.807) is 52.9 Å². The summed E-state index contributed by atoms with van der Waals surface area (Å²) in [5.74, 6) is -1.61. The number of hydrogen-bond donors (Lipinski definition) is 2. The fourth-order valence-corrected chi connectivity index (χ4v) is 5.54. The number of hydrogen-bond acceptors (Lipinski definition) is 7. The van der Waals surface area contributed by atoms with Crippen LogP contribution in [0.1, 0.15) is 58.1 Å². The number of nitrogens with one attached hydrogen (secondary N) is 1. The molecule has 1 aromatic rings. The quantitative estimate of drug-likeness (QED) is 0.378. The van der Waals surface area contributed by atoms with Gasteiger partial charge in [-0.05, 0) is 63.8 Å². The molecular weight excluding hydrogens is 496 g/mol. The highest BCUT2D eigenvalue weighted by atomic mass is 32.2. The summed E-state index contributed by atoms with van der Waals surface area (Å²) in [7, 11) is -4.34. The van der Waals surface area contributed by atoms with Crippen molar-refractivity contribution in [3.8, 4) is 11.4 Å². The van der Waals surface area contributed by atoms with Gasteiger partial charge < -0.3 is 14.8 Å². The molecule has 1 atom stereocenters. The van der Waals surface area contributed by atoms with Gasteiger partial charge in [-0.25, -0.2) is 18.4 Å². The number of esters is 1. The molecule has 2 heterocycles. The maximum Gasteiger partial charge on any atom is 0.322 e. The normalized spacial score (nSPS) is 13.3. The summed E-state index contributed by atoms with van der Waals surface area (Å²) in [6.45, 7) is 9.66. The van der Waals surface area contributed by atoms with E-state index in [4.69, 9.17) is 4.74 Å². The zero-order valence-electron chi connectivity index (χ0n) is 22.0. The number of aliphatic carboxylic acids is 1. The van der Waals surface area contributed by atoms with Gasteiger partial charge in [-0.3, -0.25) is 9.59 Å². The number of nitrogens with zero attached hydrogens (tertiary/aromatic N) is 3. The van der Waals surface area contributed by atoms with E-state index in [1.165, 1.54) is 12.1 Å². The van der Waals surface area contributed by atoms with Crippen LogP contribution in [-0.4, -0.2) is 62.9 Å². The van der Waals surface area contributed by atoms with Crippen LogP contribution < -0.4 is 0 Å². The van der Waals surface area contributed by atoms with Gasteiger partial charge in [-0.2, -0.15) is 4.31 Å². The number of aryl methyl sites for hydroxylation is 1. The first kappa shape index (κ1) is 28.3.